The smallest absolute Gasteiger partial charge is 0.549 e. The number of hydrogen-bond donors (Lipinski definition) is 1. The first kappa shape index (κ1) is 26.2. The molecule has 12 heteroatoms. The standard InChI is InChI=1S/C20H21NO8S2.Na/c1-26-12-4-6-13(7-5-12)29-20-14-8-15(27-2)16(28-3)9-17(14)30-18(20)10-21-31(24,25)11-19(22)23;/h4-9,21H,10-11H2,1-3H3,(H,22,23);/q;+1/p-1. The topological polar surface area (TPSA) is 123 Å². The van der Waals surface area contributed by atoms with Crippen molar-refractivity contribution in [1.82, 2.24) is 4.72 Å². The monoisotopic (exact) mass is 489 g/mol. The van der Waals surface area contributed by atoms with E-state index in [0.29, 0.717) is 39.0 Å². The number of aliphatic carboxylic acids is 1. The summed E-state index contributed by atoms with van der Waals surface area (Å²) in [6.07, 6.45) is 0. The first-order chi connectivity index (χ1) is 14.8. The van der Waals surface area contributed by atoms with Crippen molar-refractivity contribution in [2.24, 2.45) is 0 Å². The molecule has 9 nitrogen and oxygen atoms in total. The van der Waals surface area contributed by atoms with Crippen molar-refractivity contribution in [3.8, 4) is 28.7 Å². The Morgan fingerprint density at radius 3 is 2.16 bits per heavy atom. The number of carbonyl (C=O) groups is 1. The second-order valence-corrected chi connectivity index (χ2v) is 9.23. The minimum Gasteiger partial charge on any atom is -0.549 e. The Kier molecular flexibility index (Phi) is 9.19. The normalized spacial score (nSPS) is 11.0. The summed E-state index contributed by atoms with van der Waals surface area (Å²) in [5, 5.41) is 11.4. The number of ether oxygens (including phenoxy) is 4. The Hall–Kier alpha value is -2.02. The molecule has 0 radical (unpaired) electrons. The average Bonchev–Trinajstić information content (AvgIpc) is 3.07. The maximum Gasteiger partial charge on any atom is 1.00 e. The molecule has 0 aliphatic rings. The van der Waals surface area contributed by atoms with Crippen LogP contribution in [0, 0.1) is 0 Å². The molecule has 2 aromatic carbocycles. The van der Waals surface area contributed by atoms with Crippen LogP contribution in [0.15, 0.2) is 36.4 Å². The summed E-state index contributed by atoms with van der Waals surface area (Å²) in [5.74, 6) is -0.241. The Labute approximate surface area is 211 Å². The zero-order valence-electron chi connectivity index (χ0n) is 18.0. The minimum atomic E-state index is -4.07. The van der Waals surface area contributed by atoms with Gasteiger partial charge in [0.2, 0.25) is 10.0 Å². The van der Waals surface area contributed by atoms with Gasteiger partial charge < -0.3 is 28.8 Å². The molecule has 0 spiro atoms. The van der Waals surface area contributed by atoms with E-state index < -0.39 is 21.7 Å². The predicted octanol–water partition coefficient (Wildman–Crippen LogP) is -1.11. The van der Waals surface area contributed by atoms with Gasteiger partial charge in [-0.05, 0) is 30.3 Å². The molecule has 3 aromatic rings. The van der Waals surface area contributed by atoms with Gasteiger partial charge in [0.05, 0.1) is 32.2 Å². The molecule has 0 saturated carbocycles. The van der Waals surface area contributed by atoms with Crippen LogP contribution in [-0.2, 0) is 21.4 Å². The van der Waals surface area contributed by atoms with Crippen molar-refractivity contribution in [2.45, 2.75) is 6.54 Å². The fourth-order valence-electron chi connectivity index (χ4n) is 2.82. The molecular formula is C20H20NNaO8S2. The van der Waals surface area contributed by atoms with Gasteiger partial charge >= 0.3 is 29.6 Å². The van der Waals surface area contributed by atoms with Gasteiger partial charge in [-0.25, -0.2) is 13.1 Å². The predicted molar refractivity (Wildman–Crippen MR) is 114 cm³/mol. The van der Waals surface area contributed by atoms with E-state index >= 15 is 0 Å². The molecular weight excluding hydrogens is 469 g/mol. The Balaban J connectivity index is 0.00000363. The van der Waals surface area contributed by atoms with Gasteiger partial charge in [0, 0.05) is 22.7 Å². The quantitative estimate of drug-likeness (QED) is 0.356. The van der Waals surface area contributed by atoms with E-state index in [1.165, 1.54) is 25.6 Å². The van der Waals surface area contributed by atoms with Gasteiger partial charge in [-0.3, -0.25) is 0 Å². The molecule has 0 aliphatic carbocycles. The third-order valence-electron chi connectivity index (χ3n) is 4.26. The number of carbonyl (C=O) groups excluding carboxylic acids is 1. The number of thiophene rings is 1. The van der Waals surface area contributed by atoms with Gasteiger partial charge in [0.25, 0.3) is 0 Å². The fourth-order valence-corrected chi connectivity index (χ4v) is 4.77. The first-order valence-corrected chi connectivity index (χ1v) is 11.4. The number of carboxylic acid groups (broad SMARTS) is 1. The van der Waals surface area contributed by atoms with Gasteiger partial charge in [-0.1, -0.05) is 0 Å². The number of sulfonamides is 1. The van der Waals surface area contributed by atoms with Crippen molar-refractivity contribution >= 4 is 37.4 Å². The zero-order valence-corrected chi connectivity index (χ0v) is 21.6. The maximum atomic E-state index is 11.9. The second kappa shape index (κ2) is 11.2. The number of carboxylic acids is 1. The van der Waals surface area contributed by atoms with Crippen molar-refractivity contribution in [3.63, 3.8) is 0 Å². The summed E-state index contributed by atoms with van der Waals surface area (Å²) in [6.45, 7) is -0.162. The van der Waals surface area contributed by atoms with E-state index in [9.17, 15) is 18.3 Å². The summed E-state index contributed by atoms with van der Waals surface area (Å²) in [5.41, 5.74) is 0. The van der Waals surface area contributed by atoms with Crippen LogP contribution in [-0.4, -0.2) is 41.5 Å². The van der Waals surface area contributed by atoms with Crippen molar-refractivity contribution in [1.29, 1.82) is 0 Å². The van der Waals surface area contributed by atoms with Crippen LogP contribution in [0.1, 0.15) is 4.88 Å². The van der Waals surface area contributed by atoms with Crippen molar-refractivity contribution in [2.75, 3.05) is 27.1 Å². The van der Waals surface area contributed by atoms with E-state index in [4.69, 9.17) is 18.9 Å². The first-order valence-electron chi connectivity index (χ1n) is 8.92. The van der Waals surface area contributed by atoms with Gasteiger partial charge in [0.1, 0.15) is 17.3 Å². The number of hydrogen-bond acceptors (Lipinski definition) is 9. The third-order valence-corrected chi connectivity index (χ3v) is 6.59. The average molecular weight is 490 g/mol. The molecule has 0 fully saturated rings. The van der Waals surface area contributed by atoms with Crippen LogP contribution in [0.25, 0.3) is 10.1 Å². The molecule has 1 heterocycles. The molecule has 1 aromatic heterocycles. The van der Waals surface area contributed by atoms with E-state index in [1.807, 2.05) is 0 Å². The minimum absolute atomic E-state index is 0. The van der Waals surface area contributed by atoms with Gasteiger partial charge in [0.15, 0.2) is 17.2 Å². The summed E-state index contributed by atoms with van der Waals surface area (Å²) in [4.78, 5) is 11.2. The molecule has 0 unspecified atom stereocenters. The molecule has 166 valence electrons. The summed E-state index contributed by atoms with van der Waals surface area (Å²) in [7, 11) is 0.511. The van der Waals surface area contributed by atoms with E-state index in [2.05, 4.69) is 4.72 Å². The molecule has 0 bridgehead atoms. The largest absolute Gasteiger partial charge is 1.00 e. The van der Waals surface area contributed by atoms with E-state index in [1.54, 1.807) is 43.5 Å². The molecule has 3 rings (SSSR count). The van der Waals surface area contributed by atoms with Gasteiger partial charge in [-0.2, -0.15) is 0 Å². The van der Waals surface area contributed by atoms with Crippen LogP contribution in [0.4, 0.5) is 0 Å². The summed E-state index contributed by atoms with van der Waals surface area (Å²) in [6, 6.07) is 10.4. The molecule has 0 aliphatic heterocycles. The van der Waals surface area contributed by atoms with E-state index in [0.717, 1.165) is 4.70 Å². The Bertz CT molecular complexity index is 1190. The van der Waals surface area contributed by atoms with E-state index in [-0.39, 0.29) is 36.1 Å². The van der Waals surface area contributed by atoms with Crippen molar-refractivity contribution in [3.05, 3.63) is 41.3 Å². The second-order valence-electron chi connectivity index (χ2n) is 6.29. The fraction of sp³-hybridized carbons (Fsp3) is 0.250. The van der Waals surface area contributed by atoms with Crippen LogP contribution in [0.3, 0.4) is 0 Å². The molecule has 0 amide bonds. The van der Waals surface area contributed by atoms with Crippen LogP contribution >= 0.6 is 11.3 Å². The summed E-state index contributed by atoms with van der Waals surface area (Å²) < 4.78 is 48.9. The number of rotatable bonds is 10. The van der Waals surface area contributed by atoms with Crippen LogP contribution in [0.5, 0.6) is 28.7 Å². The molecule has 0 saturated heterocycles. The molecule has 1 N–H and O–H groups in total. The third kappa shape index (κ3) is 6.27. The SMILES string of the molecule is COc1ccc(Oc2c(CNS(=O)(=O)CC(=O)[O-])sc3cc(OC)c(OC)cc23)cc1.[Na+]. The van der Waals surface area contributed by atoms with Gasteiger partial charge in [-0.15, -0.1) is 11.3 Å². The Morgan fingerprint density at radius 1 is 1.00 bits per heavy atom. The zero-order chi connectivity index (χ0) is 22.6. The molecule has 32 heavy (non-hydrogen) atoms. The summed E-state index contributed by atoms with van der Waals surface area (Å²) >= 11 is 1.28. The van der Waals surface area contributed by atoms with Crippen LogP contribution in [0.2, 0.25) is 0 Å². The van der Waals surface area contributed by atoms with Crippen LogP contribution < -0.4 is 58.3 Å². The maximum absolute atomic E-state index is 11.9. The number of nitrogens with one attached hydrogen (secondary N) is 1. The number of fused-ring (bicyclic) bond motifs is 1. The Morgan fingerprint density at radius 2 is 1.59 bits per heavy atom. The van der Waals surface area contributed by atoms with Crippen molar-refractivity contribution < 1.29 is 66.8 Å². The molecule has 0 atom stereocenters. The number of methoxy groups -OCH3 is 3. The number of benzene rings is 2.